The summed E-state index contributed by atoms with van der Waals surface area (Å²) in [7, 11) is 0. The second-order valence-electron chi connectivity index (χ2n) is 11.8. The highest BCUT2D eigenvalue weighted by molar-refractivity contribution is 7.26. The second-order valence-corrected chi connectivity index (χ2v) is 12.8. The average molecular weight is 582 g/mol. The number of hydrogen-bond acceptors (Lipinski definition) is 3. The molecule has 44 heavy (non-hydrogen) atoms. The van der Waals surface area contributed by atoms with Gasteiger partial charge in [0.25, 0.3) is 0 Å². The smallest absolute Gasteiger partial charge is 0.196 e. The van der Waals surface area contributed by atoms with Crippen LogP contribution in [0.15, 0.2) is 152 Å². The molecule has 1 fully saturated rings. The number of thiophene rings is 1. The predicted molar refractivity (Wildman–Crippen MR) is 184 cm³/mol. The standard InChI is InChI=1S/C40H27N3S/c1-3-10-26(11-4-1)28-18-20-36-33(24-28)34-25-29(30-15-9-16-32-31-14-7-8-17-38(31)44-39(30)32)19-21-37(34)42(36)40-41-23-22-35(43(40)41)27-12-5-2-6-13-27/h1-25,35,40H. The van der Waals surface area contributed by atoms with E-state index in [4.69, 9.17) is 0 Å². The first-order chi connectivity index (χ1) is 21.8. The summed E-state index contributed by atoms with van der Waals surface area (Å²) in [6, 6.07) is 51.4. The molecule has 0 bridgehead atoms. The SMILES string of the molecule is C1=CN2C(n3c4ccc(-c5ccccc5)cc4c4cc(-c5cccc6c5sc5ccccc56)ccc43)N2C1c1ccccc1. The van der Waals surface area contributed by atoms with Gasteiger partial charge < -0.3 is 4.57 Å². The first kappa shape index (κ1) is 24.3. The van der Waals surface area contributed by atoms with Gasteiger partial charge in [-0.3, -0.25) is 5.01 Å². The van der Waals surface area contributed by atoms with E-state index >= 15 is 0 Å². The number of nitrogens with zero attached hydrogens (tertiary/aromatic N) is 3. The Labute approximate surface area is 259 Å². The highest BCUT2D eigenvalue weighted by Gasteiger charge is 2.53. The summed E-state index contributed by atoms with van der Waals surface area (Å²) >= 11 is 1.90. The molecule has 1 saturated heterocycles. The molecule has 3 atom stereocenters. The van der Waals surface area contributed by atoms with Crippen molar-refractivity contribution in [1.82, 2.24) is 14.6 Å². The Kier molecular flexibility index (Phi) is 5.06. The average Bonchev–Trinajstić information content (AvgIpc) is 3.38. The maximum absolute atomic E-state index is 2.53. The molecule has 8 aromatic rings. The van der Waals surface area contributed by atoms with E-state index in [9.17, 15) is 0 Å². The fourth-order valence-electron chi connectivity index (χ4n) is 7.29. The van der Waals surface area contributed by atoms with E-state index in [2.05, 4.69) is 166 Å². The Morgan fingerprint density at radius 2 is 1.20 bits per heavy atom. The Morgan fingerprint density at radius 3 is 2.02 bits per heavy atom. The van der Waals surface area contributed by atoms with Crippen molar-refractivity contribution in [3.05, 3.63) is 157 Å². The van der Waals surface area contributed by atoms with Crippen LogP contribution in [0.3, 0.4) is 0 Å². The van der Waals surface area contributed by atoms with Crippen LogP contribution in [0.5, 0.6) is 0 Å². The maximum Gasteiger partial charge on any atom is 0.196 e. The molecule has 4 heteroatoms. The lowest BCUT2D eigenvalue weighted by molar-refractivity contribution is 0.353. The number of hydrazine groups is 1. The van der Waals surface area contributed by atoms with Crippen LogP contribution in [0.4, 0.5) is 0 Å². The van der Waals surface area contributed by atoms with Crippen LogP contribution in [0.25, 0.3) is 64.2 Å². The molecule has 2 aliphatic heterocycles. The Morgan fingerprint density at radius 1 is 0.523 bits per heavy atom. The number of rotatable bonds is 4. The second kappa shape index (κ2) is 9.17. The van der Waals surface area contributed by atoms with Crippen molar-refractivity contribution in [3.63, 3.8) is 0 Å². The minimum absolute atomic E-state index is 0.143. The van der Waals surface area contributed by atoms with E-state index < -0.39 is 0 Å². The lowest BCUT2D eigenvalue weighted by Crippen LogP contribution is -2.09. The van der Waals surface area contributed by atoms with E-state index in [1.807, 2.05) is 11.3 Å². The van der Waals surface area contributed by atoms with Gasteiger partial charge in [0.1, 0.15) is 0 Å². The molecule has 0 amide bonds. The molecule has 3 unspecified atom stereocenters. The lowest BCUT2D eigenvalue weighted by Gasteiger charge is -2.13. The van der Waals surface area contributed by atoms with Gasteiger partial charge in [0.15, 0.2) is 6.29 Å². The normalized spacial score (nSPS) is 19.0. The van der Waals surface area contributed by atoms with E-state index in [1.165, 1.54) is 69.8 Å². The monoisotopic (exact) mass is 581 g/mol. The number of aromatic nitrogens is 1. The zero-order valence-corrected chi connectivity index (χ0v) is 24.7. The molecule has 10 rings (SSSR count). The van der Waals surface area contributed by atoms with Crippen molar-refractivity contribution < 1.29 is 0 Å². The van der Waals surface area contributed by atoms with Crippen molar-refractivity contribution in [3.8, 4) is 22.3 Å². The third-order valence-electron chi connectivity index (χ3n) is 9.39. The highest BCUT2D eigenvalue weighted by Crippen LogP contribution is 2.53. The van der Waals surface area contributed by atoms with Crippen LogP contribution in [-0.2, 0) is 0 Å². The fraction of sp³-hybridized carbons (Fsp3) is 0.0500. The molecule has 2 aromatic heterocycles. The van der Waals surface area contributed by atoms with E-state index in [0.717, 1.165) is 0 Å². The van der Waals surface area contributed by atoms with Crippen LogP contribution >= 0.6 is 11.3 Å². The summed E-state index contributed by atoms with van der Waals surface area (Å²) < 4.78 is 5.22. The molecule has 0 saturated carbocycles. The maximum atomic E-state index is 2.53. The first-order valence-corrected chi connectivity index (χ1v) is 16.0. The summed E-state index contributed by atoms with van der Waals surface area (Å²) in [5.74, 6) is 0. The topological polar surface area (TPSA) is 10.9 Å². The van der Waals surface area contributed by atoms with E-state index in [0.29, 0.717) is 0 Å². The summed E-state index contributed by atoms with van der Waals surface area (Å²) in [5, 5.41) is 10.1. The van der Waals surface area contributed by atoms with Crippen molar-refractivity contribution in [2.75, 3.05) is 0 Å². The van der Waals surface area contributed by atoms with Crippen molar-refractivity contribution >= 4 is 53.3 Å². The summed E-state index contributed by atoms with van der Waals surface area (Å²) in [5.41, 5.74) is 8.89. The predicted octanol–water partition coefficient (Wildman–Crippen LogP) is 10.8. The Bertz CT molecular complexity index is 2420. The van der Waals surface area contributed by atoms with Gasteiger partial charge in [-0.25, -0.2) is 0 Å². The number of fused-ring (bicyclic) bond motifs is 7. The Hall–Kier alpha value is -5.16. The molecule has 4 heterocycles. The van der Waals surface area contributed by atoms with Crippen LogP contribution in [0.2, 0.25) is 0 Å². The van der Waals surface area contributed by atoms with E-state index in [-0.39, 0.29) is 12.3 Å². The van der Waals surface area contributed by atoms with Gasteiger partial charge in [-0.2, -0.15) is 5.01 Å². The largest absolute Gasteiger partial charge is 0.304 e. The molecule has 6 aromatic carbocycles. The first-order valence-electron chi connectivity index (χ1n) is 15.2. The molecule has 2 aliphatic rings. The van der Waals surface area contributed by atoms with Crippen molar-refractivity contribution in [1.29, 1.82) is 0 Å². The van der Waals surface area contributed by atoms with Crippen molar-refractivity contribution in [2.45, 2.75) is 12.3 Å². The van der Waals surface area contributed by atoms with Gasteiger partial charge in [-0.15, -0.1) is 11.3 Å². The third-order valence-corrected chi connectivity index (χ3v) is 10.6. The molecular formula is C40H27N3S. The third kappa shape index (κ3) is 3.47. The molecule has 0 N–H and O–H groups in total. The van der Waals surface area contributed by atoms with Crippen molar-refractivity contribution in [2.24, 2.45) is 0 Å². The minimum atomic E-state index is 0.143. The van der Waals surface area contributed by atoms with Crippen LogP contribution in [0.1, 0.15) is 17.9 Å². The molecular weight excluding hydrogens is 555 g/mol. The van der Waals surface area contributed by atoms with Gasteiger partial charge in [-0.05, 0) is 64.2 Å². The minimum Gasteiger partial charge on any atom is -0.304 e. The molecule has 3 nitrogen and oxygen atoms in total. The number of benzene rings is 6. The van der Waals surface area contributed by atoms with Gasteiger partial charge >= 0.3 is 0 Å². The van der Waals surface area contributed by atoms with Gasteiger partial charge in [0.2, 0.25) is 0 Å². The Balaban J connectivity index is 1.18. The lowest BCUT2D eigenvalue weighted by atomic mass is 9.99. The summed E-state index contributed by atoms with van der Waals surface area (Å²) in [6.07, 6.45) is 4.69. The fourth-order valence-corrected chi connectivity index (χ4v) is 8.53. The quantitative estimate of drug-likeness (QED) is 0.192. The zero-order chi connectivity index (χ0) is 28.8. The van der Waals surface area contributed by atoms with E-state index in [1.54, 1.807) is 0 Å². The van der Waals surface area contributed by atoms with Crippen LogP contribution < -0.4 is 0 Å². The molecule has 208 valence electrons. The summed E-state index contributed by atoms with van der Waals surface area (Å²) in [6.45, 7) is 0. The molecule has 0 radical (unpaired) electrons. The molecule has 0 aliphatic carbocycles. The van der Waals surface area contributed by atoms with Crippen LogP contribution in [-0.4, -0.2) is 14.6 Å². The van der Waals surface area contributed by atoms with Gasteiger partial charge in [0.05, 0.1) is 17.1 Å². The van der Waals surface area contributed by atoms with Crippen LogP contribution in [0, 0.1) is 0 Å². The van der Waals surface area contributed by atoms with Gasteiger partial charge in [0, 0.05) is 37.1 Å². The highest BCUT2D eigenvalue weighted by atomic mass is 32.1. The van der Waals surface area contributed by atoms with Gasteiger partial charge in [-0.1, -0.05) is 109 Å². The molecule has 0 spiro atoms. The number of hydrogen-bond donors (Lipinski definition) is 0. The summed E-state index contributed by atoms with van der Waals surface area (Å²) in [4.78, 5) is 0. The zero-order valence-electron chi connectivity index (χ0n) is 23.8.